The van der Waals surface area contributed by atoms with Crippen LogP contribution >= 0.6 is 39.9 Å². The molecular formula is C17H11BrFNO2S2. The van der Waals surface area contributed by atoms with Gasteiger partial charge >= 0.3 is 0 Å². The number of phenols is 1. The summed E-state index contributed by atoms with van der Waals surface area (Å²) in [6.45, 7) is 1.77. The number of amides is 1. The molecule has 1 amide bonds. The van der Waals surface area contributed by atoms with E-state index in [2.05, 4.69) is 15.9 Å². The van der Waals surface area contributed by atoms with E-state index < -0.39 is 5.82 Å². The highest BCUT2D eigenvalue weighted by Gasteiger charge is 2.33. The van der Waals surface area contributed by atoms with Crippen LogP contribution in [0, 0.1) is 12.7 Å². The summed E-state index contributed by atoms with van der Waals surface area (Å²) in [5, 5.41) is 9.80. The van der Waals surface area contributed by atoms with Crippen molar-refractivity contribution in [2.45, 2.75) is 6.92 Å². The lowest BCUT2D eigenvalue weighted by molar-refractivity contribution is -0.113. The highest BCUT2D eigenvalue weighted by molar-refractivity contribution is 9.10. The van der Waals surface area contributed by atoms with Crippen LogP contribution in [0.15, 0.2) is 45.8 Å². The first-order valence-corrected chi connectivity index (χ1v) is 8.91. The van der Waals surface area contributed by atoms with E-state index >= 15 is 0 Å². The third-order valence-corrected chi connectivity index (χ3v) is 5.34. The van der Waals surface area contributed by atoms with Crippen LogP contribution in [-0.4, -0.2) is 15.3 Å². The van der Waals surface area contributed by atoms with E-state index in [9.17, 15) is 14.3 Å². The second kappa shape index (κ2) is 6.66. The maximum Gasteiger partial charge on any atom is 0.270 e. The number of rotatable bonds is 2. The summed E-state index contributed by atoms with van der Waals surface area (Å²) in [7, 11) is 0. The zero-order chi connectivity index (χ0) is 17.4. The Hall–Kier alpha value is -1.70. The highest BCUT2D eigenvalue weighted by Crippen LogP contribution is 2.37. The Kier molecular flexibility index (Phi) is 4.76. The molecule has 1 aliphatic heterocycles. The molecule has 1 N–H and O–H groups in total. The minimum atomic E-state index is -0.427. The van der Waals surface area contributed by atoms with Crippen molar-refractivity contribution in [1.29, 1.82) is 0 Å². The van der Waals surface area contributed by atoms with Gasteiger partial charge in [-0.3, -0.25) is 9.69 Å². The number of phenolic OH excluding ortho intramolecular Hbond substituents is 1. The molecule has 0 radical (unpaired) electrons. The van der Waals surface area contributed by atoms with Crippen LogP contribution in [-0.2, 0) is 4.79 Å². The van der Waals surface area contributed by atoms with Crippen LogP contribution < -0.4 is 4.90 Å². The number of hydrogen-bond acceptors (Lipinski definition) is 4. The van der Waals surface area contributed by atoms with E-state index in [-0.39, 0.29) is 11.7 Å². The molecule has 0 spiro atoms. The van der Waals surface area contributed by atoms with Crippen LogP contribution in [0.4, 0.5) is 10.1 Å². The minimum absolute atomic E-state index is 0.166. The van der Waals surface area contributed by atoms with Crippen molar-refractivity contribution in [1.82, 2.24) is 0 Å². The summed E-state index contributed by atoms with van der Waals surface area (Å²) in [4.78, 5) is 14.4. The molecule has 2 aromatic carbocycles. The standard InChI is InChI=1S/C17H11BrFNO2S2/c1-9-5-10(6-13(18)15(9)21)7-14-16(22)20(17(23)24-14)12-4-2-3-11(19)8-12/h2-8,21H,1H3/b14-7-. The van der Waals surface area contributed by atoms with Crippen LogP contribution in [0.5, 0.6) is 5.75 Å². The van der Waals surface area contributed by atoms with Gasteiger partial charge in [0.1, 0.15) is 11.6 Å². The topological polar surface area (TPSA) is 40.5 Å². The molecule has 0 bridgehead atoms. The highest BCUT2D eigenvalue weighted by atomic mass is 79.9. The van der Waals surface area contributed by atoms with E-state index in [0.717, 1.165) is 17.3 Å². The molecule has 1 heterocycles. The average Bonchev–Trinajstić information content (AvgIpc) is 2.79. The van der Waals surface area contributed by atoms with Gasteiger partial charge in [0.25, 0.3) is 5.91 Å². The molecule has 7 heteroatoms. The second-order valence-electron chi connectivity index (χ2n) is 5.17. The molecule has 0 aromatic heterocycles. The molecule has 1 fully saturated rings. The number of halogens is 2. The maximum atomic E-state index is 13.4. The Labute approximate surface area is 156 Å². The zero-order valence-corrected chi connectivity index (χ0v) is 15.6. The third-order valence-electron chi connectivity index (χ3n) is 3.43. The number of anilines is 1. The molecule has 0 aliphatic carbocycles. The fraction of sp³-hybridized carbons (Fsp3) is 0.0588. The summed E-state index contributed by atoms with van der Waals surface area (Å²) < 4.78 is 14.3. The van der Waals surface area contributed by atoms with Crippen LogP contribution in [0.1, 0.15) is 11.1 Å². The molecule has 24 heavy (non-hydrogen) atoms. The van der Waals surface area contributed by atoms with Crippen molar-refractivity contribution in [3.05, 3.63) is 62.7 Å². The van der Waals surface area contributed by atoms with Crippen LogP contribution in [0.2, 0.25) is 0 Å². The normalized spacial score (nSPS) is 16.3. The SMILES string of the molecule is Cc1cc(/C=C2\SC(=S)N(c3cccc(F)c3)C2=O)cc(Br)c1O. The van der Waals surface area contributed by atoms with Crippen molar-refractivity contribution in [2.75, 3.05) is 4.90 Å². The fourth-order valence-corrected chi connectivity index (χ4v) is 4.18. The summed E-state index contributed by atoms with van der Waals surface area (Å²) >= 11 is 9.71. The number of thioether (sulfide) groups is 1. The summed E-state index contributed by atoms with van der Waals surface area (Å²) in [5.74, 6) is -0.555. The third kappa shape index (κ3) is 3.24. The van der Waals surface area contributed by atoms with Gasteiger partial charge in [-0.2, -0.15) is 0 Å². The van der Waals surface area contributed by atoms with Gasteiger partial charge in [-0.1, -0.05) is 30.0 Å². The number of hydrogen-bond donors (Lipinski definition) is 1. The fourth-order valence-electron chi connectivity index (χ4n) is 2.30. The second-order valence-corrected chi connectivity index (χ2v) is 7.70. The quantitative estimate of drug-likeness (QED) is 0.544. The Bertz CT molecular complexity index is 875. The average molecular weight is 424 g/mol. The van der Waals surface area contributed by atoms with Crippen molar-refractivity contribution >= 4 is 61.9 Å². The molecule has 1 saturated heterocycles. The Morgan fingerprint density at radius 3 is 2.75 bits per heavy atom. The molecular weight excluding hydrogens is 413 g/mol. The largest absolute Gasteiger partial charge is 0.506 e. The van der Waals surface area contributed by atoms with Crippen molar-refractivity contribution < 1.29 is 14.3 Å². The first kappa shape index (κ1) is 17.1. The van der Waals surface area contributed by atoms with Gasteiger partial charge in [-0.05, 0) is 70.4 Å². The number of thiocarbonyl (C=S) groups is 1. The molecule has 3 nitrogen and oxygen atoms in total. The van der Waals surface area contributed by atoms with E-state index in [1.165, 1.54) is 23.1 Å². The van der Waals surface area contributed by atoms with Gasteiger partial charge < -0.3 is 5.11 Å². The number of nitrogens with zero attached hydrogens (tertiary/aromatic N) is 1. The van der Waals surface area contributed by atoms with E-state index in [1.807, 2.05) is 0 Å². The molecule has 0 saturated carbocycles. The Balaban J connectivity index is 1.97. The molecule has 122 valence electrons. The van der Waals surface area contributed by atoms with Crippen molar-refractivity contribution in [2.24, 2.45) is 0 Å². The molecule has 0 unspecified atom stereocenters. The molecule has 3 rings (SSSR count). The maximum absolute atomic E-state index is 13.4. The predicted octanol–water partition coefficient (Wildman–Crippen LogP) is 5.01. The smallest absolute Gasteiger partial charge is 0.270 e. The lowest BCUT2D eigenvalue weighted by atomic mass is 10.1. The number of benzene rings is 2. The van der Waals surface area contributed by atoms with Gasteiger partial charge in [0, 0.05) is 0 Å². The lowest BCUT2D eigenvalue weighted by Gasteiger charge is -2.14. The minimum Gasteiger partial charge on any atom is -0.506 e. The van der Waals surface area contributed by atoms with Gasteiger partial charge in [-0.15, -0.1) is 0 Å². The number of aryl methyl sites for hydroxylation is 1. The zero-order valence-electron chi connectivity index (χ0n) is 12.4. The molecule has 2 aromatic rings. The van der Waals surface area contributed by atoms with Crippen molar-refractivity contribution in [3.63, 3.8) is 0 Å². The predicted molar refractivity (Wildman–Crippen MR) is 103 cm³/mol. The van der Waals surface area contributed by atoms with Gasteiger partial charge in [0.2, 0.25) is 0 Å². The molecule has 0 atom stereocenters. The summed E-state index contributed by atoms with van der Waals surface area (Å²) in [5.41, 5.74) is 1.86. The Morgan fingerprint density at radius 1 is 1.33 bits per heavy atom. The van der Waals surface area contributed by atoms with E-state index in [4.69, 9.17) is 12.2 Å². The van der Waals surface area contributed by atoms with Crippen molar-refractivity contribution in [3.8, 4) is 5.75 Å². The number of carbonyl (C=O) groups is 1. The van der Waals surface area contributed by atoms with Gasteiger partial charge in [0.05, 0.1) is 15.1 Å². The summed E-state index contributed by atoms with van der Waals surface area (Å²) in [6, 6.07) is 9.25. The van der Waals surface area contributed by atoms with Gasteiger partial charge in [-0.25, -0.2) is 4.39 Å². The Morgan fingerprint density at radius 2 is 2.08 bits per heavy atom. The molecule has 1 aliphatic rings. The number of carbonyl (C=O) groups excluding carboxylic acids is 1. The van der Waals surface area contributed by atoms with E-state index in [0.29, 0.717) is 24.9 Å². The first-order chi connectivity index (χ1) is 11.4. The number of aromatic hydroxyl groups is 1. The monoisotopic (exact) mass is 423 g/mol. The van der Waals surface area contributed by atoms with Crippen LogP contribution in [0.3, 0.4) is 0 Å². The summed E-state index contributed by atoms with van der Waals surface area (Å²) in [6.07, 6.45) is 1.70. The first-order valence-electron chi connectivity index (χ1n) is 6.89. The van der Waals surface area contributed by atoms with Gasteiger partial charge in [0.15, 0.2) is 4.32 Å². The van der Waals surface area contributed by atoms with Crippen LogP contribution in [0.25, 0.3) is 6.08 Å². The van der Waals surface area contributed by atoms with E-state index in [1.54, 1.807) is 31.2 Å². The lowest BCUT2D eigenvalue weighted by Crippen LogP contribution is -2.27.